The van der Waals surface area contributed by atoms with Crippen LogP contribution in [0.2, 0.25) is 0 Å². The summed E-state index contributed by atoms with van der Waals surface area (Å²) in [7, 11) is 3.25. The van der Waals surface area contributed by atoms with Gasteiger partial charge in [-0.15, -0.1) is 0 Å². The molecular weight excluding hydrogens is 266 g/mol. The molecule has 21 heavy (non-hydrogen) atoms. The highest BCUT2D eigenvalue weighted by Crippen LogP contribution is 2.32. The predicted octanol–water partition coefficient (Wildman–Crippen LogP) is 3.16. The number of hydrogen-bond acceptors (Lipinski definition) is 5. The Labute approximate surface area is 125 Å². The summed E-state index contributed by atoms with van der Waals surface area (Å²) < 4.78 is 10.6. The summed E-state index contributed by atoms with van der Waals surface area (Å²) >= 11 is 0. The number of benzene rings is 1. The zero-order valence-electron chi connectivity index (χ0n) is 12.9. The van der Waals surface area contributed by atoms with Crippen LogP contribution in [0.3, 0.4) is 0 Å². The van der Waals surface area contributed by atoms with Gasteiger partial charge >= 0.3 is 0 Å². The van der Waals surface area contributed by atoms with Crippen LogP contribution < -0.4 is 14.8 Å². The van der Waals surface area contributed by atoms with Crippen molar-refractivity contribution in [1.82, 2.24) is 9.97 Å². The van der Waals surface area contributed by atoms with Gasteiger partial charge in [0, 0.05) is 24.6 Å². The van der Waals surface area contributed by atoms with E-state index in [2.05, 4.69) is 15.3 Å². The second-order valence-corrected chi connectivity index (χ2v) is 4.51. The third-order valence-corrected chi connectivity index (χ3v) is 3.13. The first-order valence-electron chi connectivity index (χ1n) is 7.06. The Balaban J connectivity index is 2.47. The van der Waals surface area contributed by atoms with Gasteiger partial charge in [0.1, 0.15) is 11.6 Å². The number of rotatable bonds is 6. The molecule has 1 N–H and O–H groups in total. The molecule has 0 saturated heterocycles. The Kier molecular flexibility index (Phi) is 4.98. The molecule has 0 spiro atoms. The average Bonchev–Trinajstić information content (AvgIpc) is 2.54. The van der Waals surface area contributed by atoms with E-state index in [0.29, 0.717) is 11.5 Å². The van der Waals surface area contributed by atoms with Crippen LogP contribution in [-0.2, 0) is 6.42 Å². The molecule has 0 saturated carbocycles. The first-order valence-corrected chi connectivity index (χ1v) is 7.06. The fourth-order valence-corrected chi connectivity index (χ4v) is 2.07. The van der Waals surface area contributed by atoms with Gasteiger partial charge in [0.05, 0.1) is 19.9 Å². The minimum absolute atomic E-state index is 0.691. The molecule has 2 rings (SSSR count). The third kappa shape index (κ3) is 3.42. The first kappa shape index (κ1) is 15.1. The molecular formula is C16H21N3O2. The van der Waals surface area contributed by atoms with Crippen molar-refractivity contribution in [2.24, 2.45) is 0 Å². The van der Waals surface area contributed by atoms with Crippen LogP contribution in [0.5, 0.6) is 11.5 Å². The lowest BCUT2D eigenvalue weighted by molar-refractivity contribution is 0.355. The van der Waals surface area contributed by atoms with E-state index < -0.39 is 0 Å². The molecule has 0 fully saturated rings. The largest absolute Gasteiger partial charge is 0.493 e. The van der Waals surface area contributed by atoms with Crippen molar-refractivity contribution in [3.8, 4) is 22.8 Å². The van der Waals surface area contributed by atoms with Gasteiger partial charge in [-0.25, -0.2) is 9.97 Å². The fraction of sp³-hybridized carbons (Fsp3) is 0.375. The molecule has 5 heteroatoms. The lowest BCUT2D eigenvalue weighted by atomic mass is 10.1. The average molecular weight is 287 g/mol. The lowest BCUT2D eigenvalue weighted by Crippen LogP contribution is -2.04. The highest BCUT2D eigenvalue weighted by atomic mass is 16.5. The maximum Gasteiger partial charge on any atom is 0.161 e. The highest BCUT2D eigenvalue weighted by Gasteiger charge is 2.09. The number of nitrogens with zero attached hydrogens (tertiary/aromatic N) is 2. The summed E-state index contributed by atoms with van der Waals surface area (Å²) in [6.45, 7) is 4.92. The number of aryl methyl sites for hydroxylation is 1. The number of aromatic nitrogens is 2. The second kappa shape index (κ2) is 6.92. The van der Waals surface area contributed by atoms with E-state index in [-0.39, 0.29) is 0 Å². The SMILES string of the molecule is CCNc1cc(-c2ccc(OC)c(OC)c2)nc(CC)n1. The fourth-order valence-electron chi connectivity index (χ4n) is 2.07. The quantitative estimate of drug-likeness (QED) is 0.884. The van der Waals surface area contributed by atoms with Crippen molar-refractivity contribution in [1.29, 1.82) is 0 Å². The molecule has 1 aromatic carbocycles. The van der Waals surface area contributed by atoms with Gasteiger partial charge in [-0.05, 0) is 25.1 Å². The monoisotopic (exact) mass is 287 g/mol. The smallest absolute Gasteiger partial charge is 0.161 e. The van der Waals surface area contributed by atoms with Crippen LogP contribution in [0.25, 0.3) is 11.3 Å². The summed E-state index contributed by atoms with van der Waals surface area (Å²) in [6, 6.07) is 7.73. The molecule has 5 nitrogen and oxygen atoms in total. The Morgan fingerprint density at radius 1 is 1.00 bits per heavy atom. The Morgan fingerprint density at radius 2 is 1.76 bits per heavy atom. The molecule has 1 aromatic heterocycles. The molecule has 112 valence electrons. The van der Waals surface area contributed by atoms with E-state index in [1.54, 1.807) is 14.2 Å². The van der Waals surface area contributed by atoms with Crippen LogP contribution in [0.4, 0.5) is 5.82 Å². The van der Waals surface area contributed by atoms with E-state index in [0.717, 1.165) is 35.9 Å². The van der Waals surface area contributed by atoms with Gasteiger partial charge in [0.15, 0.2) is 11.5 Å². The minimum Gasteiger partial charge on any atom is -0.493 e. The summed E-state index contributed by atoms with van der Waals surface area (Å²) in [5, 5.41) is 3.24. The first-order chi connectivity index (χ1) is 10.2. The topological polar surface area (TPSA) is 56.3 Å². The van der Waals surface area contributed by atoms with Crippen LogP contribution in [0, 0.1) is 0 Å². The molecule has 0 amide bonds. The summed E-state index contributed by atoms with van der Waals surface area (Å²) in [4.78, 5) is 9.05. The molecule has 0 radical (unpaired) electrons. The van der Waals surface area contributed by atoms with Gasteiger partial charge in [-0.1, -0.05) is 6.92 Å². The normalized spacial score (nSPS) is 10.3. The molecule has 0 atom stereocenters. The molecule has 0 bridgehead atoms. The van der Waals surface area contributed by atoms with Crippen molar-refractivity contribution < 1.29 is 9.47 Å². The Bertz CT molecular complexity index is 614. The van der Waals surface area contributed by atoms with Gasteiger partial charge in [-0.2, -0.15) is 0 Å². The van der Waals surface area contributed by atoms with E-state index >= 15 is 0 Å². The number of ether oxygens (including phenoxy) is 2. The van der Waals surface area contributed by atoms with Gasteiger partial charge in [0.2, 0.25) is 0 Å². The number of hydrogen-bond donors (Lipinski definition) is 1. The van der Waals surface area contributed by atoms with Crippen LogP contribution in [0.15, 0.2) is 24.3 Å². The maximum absolute atomic E-state index is 5.35. The van der Waals surface area contributed by atoms with E-state index in [1.165, 1.54) is 0 Å². The standard InChI is InChI=1S/C16H21N3O2/c1-5-15-18-12(10-16(19-15)17-6-2)11-7-8-13(20-3)14(9-11)21-4/h7-10H,5-6H2,1-4H3,(H,17,18,19). The van der Waals surface area contributed by atoms with Crippen molar-refractivity contribution in [3.05, 3.63) is 30.1 Å². The van der Waals surface area contributed by atoms with Crippen LogP contribution in [-0.4, -0.2) is 30.7 Å². The summed E-state index contributed by atoms with van der Waals surface area (Å²) in [5.74, 6) is 3.06. The Morgan fingerprint density at radius 3 is 2.38 bits per heavy atom. The summed E-state index contributed by atoms with van der Waals surface area (Å²) in [6.07, 6.45) is 0.791. The lowest BCUT2D eigenvalue weighted by Gasteiger charge is -2.11. The maximum atomic E-state index is 5.35. The molecule has 0 aliphatic carbocycles. The zero-order valence-corrected chi connectivity index (χ0v) is 12.9. The number of anilines is 1. The van der Waals surface area contributed by atoms with Gasteiger partial charge in [-0.3, -0.25) is 0 Å². The molecule has 1 heterocycles. The summed E-state index contributed by atoms with van der Waals surface area (Å²) in [5.41, 5.74) is 1.85. The van der Waals surface area contributed by atoms with Crippen molar-refractivity contribution >= 4 is 5.82 Å². The number of methoxy groups -OCH3 is 2. The molecule has 2 aromatic rings. The van der Waals surface area contributed by atoms with Crippen molar-refractivity contribution in [2.75, 3.05) is 26.1 Å². The van der Waals surface area contributed by atoms with Gasteiger partial charge < -0.3 is 14.8 Å². The molecule has 0 aliphatic rings. The van der Waals surface area contributed by atoms with Crippen molar-refractivity contribution in [3.63, 3.8) is 0 Å². The third-order valence-electron chi connectivity index (χ3n) is 3.13. The predicted molar refractivity (Wildman–Crippen MR) is 84.1 cm³/mol. The van der Waals surface area contributed by atoms with E-state index in [1.807, 2.05) is 38.1 Å². The highest BCUT2D eigenvalue weighted by molar-refractivity contribution is 5.66. The van der Waals surface area contributed by atoms with Crippen LogP contribution in [0.1, 0.15) is 19.7 Å². The Hall–Kier alpha value is -2.30. The zero-order chi connectivity index (χ0) is 15.2. The van der Waals surface area contributed by atoms with E-state index in [4.69, 9.17) is 9.47 Å². The molecule has 0 unspecified atom stereocenters. The van der Waals surface area contributed by atoms with E-state index in [9.17, 15) is 0 Å². The van der Waals surface area contributed by atoms with Crippen LogP contribution >= 0.6 is 0 Å². The molecule has 0 aliphatic heterocycles. The van der Waals surface area contributed by atoms with Gasteiger partial charge in [0.25, 0.3) is 0 Å². The van der Waals surface area contributed by atoms with Crippen molar-refractivity contribution in [2.45, 2.75) is 20.3 Å². The second-order valence-electron chi connectivity index (χ2n) is 4.51. The minimum atomic E-state index is 0.691. The number of nitrogens with one attached hydrogen (secondary N) is 1.